The number of nitrogens with zero attached hydrogens (tertiary/aromatic N) is 1. The fourth-order valence-corrected chi connectivity index (χ4v) is 6.97. The van der Waals surface area contributed by atoms with Crippen LogP contribution in [0.25, 0.3) is 0 Å². The molecule has 1 heterocycles. The number of Topliss-reactive ketones (excluding diaryl/α,β-unsaturated/α-hetero) is 1. The Morgan fingerprint density at radius 2 is 1.69 bits per heavy atom. The number of ketones is 1. The van der Waals surface area contributed by atoms with Crippen molar-refractivity contribution in [1.29, 1.82) is 0 Å². The number of fused-ring (bicyclic) bond motifs is 1. The van der Waals surface area contributed by atoms with Crippen LogP contribution in [0.1, 0.15) is 75.5 Å². The molecule has 1 aliphatic heterocycles. The first-order valence-electron chi connectivity index (χ1n) is 10.5. The Bertz CT molecular complexity index is 765. The molecule has 138 valence electrons. The van der Waals surface area contributed by atoms with Crippen molar-refractivity contribution in [2.24, 2.45) is 28.2 Å². The van der Waals surface area contributed by atoms with Crippen molar-refractivity contribution < 1.29 is 4.79 Å². The van der Waals surface area contributed by atoms with E-state index >= 15 is 0 Å². The van der Waals surface area contributed by atoms with Crippen LogP contribution in [-0.2, 0) is 11.2 Å². The summed E-state index contributed by atoms with van der Waals surface area (Å²) >= 11 is 0. The highest BCUT2D eigenvalue weighted by Crippen LogP contribution is 2.60. The van der Waals surface area contributed by atoms with Crippen molar-refractivity contribution in [1.82, 2.24) is 0 Å². The summed E-state index contributed by atoms with van der Waals surface area (Å²) in [5.41, 5.74) is 4.81. The van der Waals surface area contributed by atoms with Crippen LogP contribution in [0.4, 0.5) is 0 Å². The maximum Gasteiger partial charge on any atom is 0.145 e. The lowest BCUT2D eigenvalue weighted by Crippen LogP contribution is -2.50. The zero-order valence-corrected chi connectivity index (χ0v) is 16.5. The third-order valence-corrected chi connectivity index (χ3v) is 7.59. The largest absolute Gasteiger partial charge is 0.299 e. The van der Waals surface area contributed by atoms with E-state index in [4.69, 9.17) is 4.99 Å². The second-order valence-corrected chi connectivity index (χ2v) is 10.5. The van der Waals surface area contributed by atoms with Gasteiger partial charge in [0.25, 0.3) is 0 Å². The SMILES string of the molecule is Cc1ccc2c(c1)C(CC(=O)C13CC4CC(CC(C4)C1)C3)=NC(C)(C)C2. The smallest absolute Gasteiger partial charge is 0.145 e. The highest BCUT2D eigenvalue weighted by Gasteiger charge is 2.54. The van der Waals surface area contributed by atoms with Gasteiger partial charge in [0, 0.05) is 11.8 Å². The third-order valence-electron chi connectivity index (χ3n) is 7.59. The van der Waals surface area contributed by atoms with Crippen LogP contribution in [0.15, 0.2) is 23.2 Å². The molecule has 0 aromatic heterocycles. The van der Waals surface area contributed by atoms with E-state index in [0.717, 1.165) is 49.1 Å². The molecule has 4 saturated carbocycles. The second kappa shape index (κ2) is 5.53. The molecule has 1 aromatic carbocycles. The number of benzene rings is 1. The lowest BCUT2D eigenvalue weighted by atomic mass is 9.48. The lowest BCUT2D eigenvalue weighted by Gasteiger charge is -2.56. The van der Waals surface area contributed by atoms with Gasteiger partial charge in [0.15, 0.2) is 0 Å². The summed E-state index contributed by atoms with van der Waals surface area (Å²) in [4.78, 5) is 18.6. The molecule has 0 spiro atoms. The topological polar surface area (TPSA) is 29.4 Å². The van der Waals surface area contributed by atoms with Gasteiger partial charge in [0.2, 0.25) is 0 Å². The van der Waals surface area contributed by atoms with Crippen LogP contribution in [0.3, 0.4) is 0 Å². The predicted molar refractivity (Wildman–Crippen MR) is 106 cm³/mol. The Hall–Kier alpha value is -1.44. The standard InChI is InChI=1S/C24H31NO/c1-15-4-5-19-14-23(2,3)25-21(20(19)6-15)10-22(26)24-11-16-7-17(12-24)9-18(8-16)13-24/h4-6,16-18H,7-14H2,1-3H3. The number of carbonyl (C=O) groups excluding carboxylic acids is 1. The van der Waals surface area contributed by atoms with E-state index in [9.17, 15) is 4.79 Å². The van der Waals surface area contributed by atoms with E-state index in [1.54, 1.807) is 0 Å². The number of hydrogen-bond donors (Lipinski definition) is 0. The van der Waals surface area contributed by atoms with Crippen LogP contribution in [0.5, 0.6) is 0 Å². The quantitative estimate of drug-likeness (QED) is 0.728. The Morgan fingerprint density at radius 1 is 1.08 bits per heavy atom. The van der Waals surface area contributed by atoms with E-state index in [-0.39, 0.29) is 11.0 Å². The van der Waals surface area contributed by atoms with Gasteiger partial charge in [-0.25, -0.2) is 0 Å². The van der Waals surface area contributed by atoms with Crippen LogP contribution in [0.2, 0.25) is 0 Å². The van der Waals surface area contributed by atoms with Crippen LogP contribution in [0, 0.1) is 30.1 Å². The van der Waals surface area contributed by atoms with E-state index in [2.05, 4.69) is 39.0 Å². The molecular weight excluding hydrogens is 318 g/mol. The van der Waals surface area contributed by atoms with Crippen LogP contribution >= 0.6 is 0 Å². The molecule has 26 heavy (non-hydrogen) atoms. The summed E-state index contributed by atoms with van der Waals surface area (Å²) in [6.45, 7) is 6.54. The van der Waals surface area contributed by atoms with Gasteiger partial charge in [-0.15, -0.1) is 0 Å². The molecule has 6 rings (SSSR count). The monoisotopic (exact) mass is 349 g/mol. The van der Waals surface area contributed by atoms with Crippen molar-refractivity contribution in [2.45, 2.75) is 77.7 Å². The number of aliphatic imine (C=N–C) groups is 1. The maximum absolute atomic E-state index is 13.6. The average Bonchev–Trinajstić information content (AvgIpc) is 2.53. The van der Waals surface area contributed by atoms with Crippen LogP contribution in [-0.4, -0.2) is 17.0 Å². The molecule has 4 bridgehead atoms. The number of hydrogen-bond acceptors (Lipinski definition) is 2. The van der Waals surface area contributed by atoms with Gasteiger partial charge in [0.05, 0.1) is 11.3 Å². The Balaban J connectivity index is 1.46. The fourth-order valence-electron chi connectivity index (χ4n) is 6.97. The van der Waals surface area contributed by atoms with Gasteiger partial charge in [-0.2, -0.15) is 0 Å². The lowest BCUT2D eigenvalue weighted by molar-refractivity contribution is -0.142. The summed E-state index contributed by atoms with van der Waals surface area (Å²) in [5, 5.41) is 0. The van der Waals surface area contributed by atoms with Gasteiger partial charge in [0.1, 0.15) is 5.78 Å². The summed E-state index contributed by atoms with van der Waals surface area (Å²) in [6, 6.07) is 6.69. The minimum atomic E-state index is -0.0979. The van der Waals surface area contributed by atoms with Crippen molar-refractivity contribution in [3.63, 3.8) is 0 Å². The van der Waals surface area contributed by atoms with Crippen molar-refractivity contribution >= 4 is 11.5 Å². The summed E-state index contributed by atoms with van der Waals surface area (Å²) in [6.07, 6.45) is 9.18. The van der Waals surface area contributed by atoms with Gasteiger partial charge in [-0.3, -0.25) is 9.79 Å². The molecule has 0 radical (unpaired) electrons. The molecule has 2 heteroatoms. The molecule has 4 fully saturated rings. The third kappa shape index (κ3) is 2.68. The first-order chi connectivity index (χ1) is 12.3. The minimum absolute atomic E-state index is 0.0111. The van der Waals surface area contributed by atoms with E-state index in [1.807, 2.05) is 0 Å². The van der Waals surface area contributed by atoms with E-state index in [0.29, 0.717) is 12.2 Å². The average molecular weight is 350 g/mol. The molecule has 2 nitrogen and oxygen atoms in total. The second-order valence-electron chi connectivity index (χ2n) is 10.5. The number of carbonyl (C=O) groups is 1. The van der Waals surface area contributed by atoms with Crippen molar-refractivity contribution in [3.05, 3.63) is 34.9 Å². The molecule has 5 aliphatic rings. The Labute approximate surface area is 157 Å². The molecule has 0 N–H and O–H groups in total. The summed E-state index contributed by atoms with van der Waals surface area (Å²) < 4.78 is 0. The summed E-state index contributed by atoms with van der Waals surface area (Å²) in [5.74, 6) is 2.97. The van der Waals surface area contributed by atoms with Crippen LogP contribution < -0.4 is 0 Å². The number of rotatable bonds is 3. The van der Waals surface area contributed by atoms with Gasteiger partial charge in [-0.1, -0.05) is 17.7 Å². The normalized spacial score (nSPS) is 36.6. The Kier molecular flexibility index (Phi) is 3.56. The van der Waals surface area contributed by atoms with Crippen molar-refractivity contribution in [3.8, 4) is 0 Å². The minimum Gasteiger partial charge on any atom is -0.299 e. The molecular formula is C24H31NO. The van der Waals surface area contributed by atoms with E-state index < -0.39 is 0 Å². The van der Waals surface area contributed by atoms with Crippen molar-refractivity contribution in [2.75, 3.05) is 0 Å². The molecule has 1 aromatic rings. The van der Waals surface area contributed by atoms with Gasteiger partial charge in [-0.05, 0) is 101 Å². The van der Waals surface area contributed by atoms with Gasteiger partial charge >= 0.3 is 0 Å². The highest BCUT2D eigenvalue weighted by atomic mass is 16.1. The molecule has 4 aliphatic carbocycles. The van der Waals surface area contributed by atoms with E-state index in [1.165, 1.54) is 36.0 Å². The Morgan fingerprint density at radius 3 is 2.31 bits per heavy atom. The maximum atomic E-state index is 13.6. The fraction of sp³-hybridized carbons (Fsp3) is 0.667. The predicted octanol–water partition coefficient (Wildman–Crippen LogP) is 5.29. The number of aryl methyl sites for hydroxylation is 1. The first-order valence-corrected chi connectivity index (χ1v) is 10.5. The molecule has 0 amide bonds. The zero-order valence-electron chi connectivity index (χ0n) is 16.5. The molecule has 0 saturated heterocycles. The molecule has 0 atom stereocenters. The van der Waals surface area contributed by atoms with Gasteiger partial charge < -0.3 is 0 Å². The zero-order chi connectivity index (χ0) is 18.1. The first kappa shape index (κ1) is 16.7. The highest BCUT2D eigenvalue weighted by molar-refractivity contribution is 6.13. The summed E-state index contributed by atoms with van der Waals surface area (Å²) in [7, 11) is 0. The molecule has 0 unspecified atom stereocenters.